The summed E-state index contributed by atoms with van der Waals surface area (Å²) in [7, 11) is 0. The van der Waals surface area contributed by atoms with Crippen LogP contribution in [0.4, 0.5) is 0 Å². The number of pyridine rings is 1. The zero-order valence-electron chi connectivity index (χ0n) is 8.96. The van der Waals surface area contributed by atoms with Crippen molar-refractivity contribution in [3.63, 3.8) is 0 Å². The summed E-state index contributed by atoms with van der Waals surface area (Å²) >= 11 is 3.14. The topological polar surface area (TPSA) is 117 Å². The van der Waals surface area contributed by atoms with Crippen molar-refractivity contribution in [1.82, 2.24) is 10.3 Å². The third-order valence-electron chi connectivity index (χ3n) is 1.94. The van der Waals surface area contributed by atoms with Gasteiger partial charge in [0.1, 0.15) is 11.7 Å². The molecule has 0 radical (unpaired) electrons. The van der Waals surface area contributed by atoms with Crippen LogP contribution in [0.3, 0.4) is 0 Å². The van der Waals surface area contributed by atoms with Crippen molar-refractivity contribution in [2.45, 2.75) is 12.5 Å². The largest absolute Gasteiger partial charge is 0.481 e. The van der Waals surface area contributed by atoms with E-state index >= 15 is 0 Å². The van der Waals surface area contributed by atoms with Gasteiger partial charge in [-0.05, 0) is 28.1 Å². The maximum atomic E-state index is 11.6. The molecule has 1 atom stereocenters. The van der Waals surface area contributed by atoms with Gasteiger partial charge in [-0.25, -0.2) is 9.78 Å². The average molecular weight is 317 g/mol. The molecule has 8 heteroatoms. The van der Waals surface area contributed by atoms with Crippen molar-refractivity contribution in [1.29, 1.82) is 0 Å². The molecule has 0 fully saturated rings. The highest BCUT2D eigenvalue weighted by Crippen LogP contribution is 2.07. The first kappa shape index (κ1) is 14.1. The standard InChI is InChI=1S/C10H9BrN2O5/c11-5-1-2-6(12-4-5)9(16)13-7(10(17)18)3-8(14)15/h1-2,4,7H,3H2,(H,13,16)(H,14,15)(H,17,18)/t7-/m0/s1. The van der Waals surface area contributed by atoms with Gasteiger partial charge in [-0.1, -0.05) is 0 Å². The number of hydrogen-bond acceptors (Lipinski definition) is 4. The number of carboxylic acid groups (broad SMARTS) is 2. The molecule has 0 unspecified atom stereocenters. The number of halogens is 1. The monoisotopic (exact) mass is 316 g/mol. The third-order valence-corrected chi connectivity index (χ3v) is 2.41. The Morgan fingerprint density at radius 2 is 2.00 bits per heavy atom. The molecule has 1 heterocycles. The number of carbonyl (C=O) groups is 3. The van der Waals surface area contributed by atoms with Gasteiger partial charge in [0.05, 0.1) is 6.42 Å². The molecule has 7 nitrogen and oxygen atoms in total. The second kappa shape index (κ2) is 6.10. The summed E-state index contributed by atoms with van der Waals surface area (Å²) in [6.45, 7) is 0. The van der Waals surface area contributed by atoms with Crippen LogP contribution in [0.2, 0.25) is 0 Å². The summed E-state index contributed by atoms with van der Waals surface area (Å²) in [6.07, 6.45) is 0.680. The van der Waals surface area contributed by atoms with E-state index in [1.807, 2.05) is 0 Å². The second-order valence-electron chi connectivity index (χ2n) is 3.32. The Bertz CT molecular complexity index is 474. The van der Waals surface area contributed by atoms with Crippen molar-refractivity contribution < 1.29 is 24.6 Å². The fourth-order valence-electron chi connectivity index (χ4n) is 1.12. The summed E-state index contributed by atoms with van der Waals surface area (Å²) in [6, 6.07) is 1.47. The summed E-state index contributed by atoms with van der Waals surface area (Å²) in [5.74, 6) is -3.47. The van der Waals surface area contributed by atoms with Crippen molar-refractivity contribution in [2.24, 2.45) is 0 Å². The number of carboxylic acids is 2. The lowest BCUT2D eigenvalue weighted by molar-refractivity contribution is -0.145. The molecule has 96 valence electrons. The van der Waals surface area contributed by atoms with Gasteiger partial charge in [0.25, 0.3) is 5.91 Å². The molecule has 0 aliphatic heterocycles. The Hall–Kier alpha value is -1.96. The summed E-state index contributed by atoms with van der Waals surface area (Å²) < 4.78 is 0.666. The lowest BCUT2D eigenvalue weighted by Crippen LogP contribution is -2.42. The minimum absolute atomic E-state index is 0.00911. The zero-order chi connectivity index (χ0) is 13.7. The average Bonchev–Trinajstić information content (AvgIpc) is 2.28. The number of rotatable bonds is 5. The molecule has 0 aromatic carbocycles. The molecule has 0 saturated carbocycles. The van der Waals surface area contributed by atoms with Crippen LogP contribution >= 0.6 is 15.9 Å². The predicted octanol–water partition coefficient (Wildman–Crippen LogP) is 0.502. The molecule has 1 aromatic rings. The van der Waals surface area contributed by atoms with E-state index in [1.54, 1.807) is 6.07 Å². The molecule has 1 rings (SSSR count). The van der Waals surface area contributed by atoms with Gasteiger partial charge >= 0.3 is 11.9 Å². The molecular weight excluding hydrogens is 308 g/mol. The van der Waals surface area contributed by atoms with Crippen molar-refractivity contribution >= 4 is 33.8 Å². The van der Waals surface area contributed by atoms with Gasteiger partial charge in [0.2, 0.25) is 0 Å². The SMILES string of the molecule is O=C(O)C[C@H](NC(=O)c1ccc(Br)cn1)C(=O)O. The summed E-state index contributed by atoms with van der Waals surface area (Å²) in [5.41, 5.74) is 0.00911. The van der Waals surface area contributed by atoms with E-state index in [2.05, 4.69) is 26.2 Å². The first-order valence-corrected chi connectivity index (χ1v) is 5.56. The van der Waals surface area contributed by atoms with E-state index in [1.165, 1.54) is 12.3 Å². The molecular formula is C10H9BrN2O5. The van der Waals surface area contributed by atoms with Gasteiger partial charge in [-0.3, -0.25) is 9.59 Å². The minimum atomic E-state index is -1.49. The Labute approximate surface area is 110 Å². The lowest BCUT2D eigenvalue weighted by Gasteiger charge is -2.11. The number of aliphatic carboxylic acids is 2. The van der Waals surface area contributed by atoms with E-state index in [0.717, 1.165) is 0 Å². The Kier molecular flexibility index (Phi) is 4.78. The maximum absolute atomic E-state index is 11.6. The highest BCUT2D eigenvalue weighted by Gasteiger charge is 2.23. The first-order chi connectivity index (χ1) is 8.40. The number of amides is 1. The zero-order valence-corrected chi connectivity index (χ0v) is 10.5. The van der Waals surface area contributed by atoms with E-state index in [0.29, 0.717) is 4.47 Å². The van der Waals surface area contributed by atoms with Crippen molar-refractivity contribution in [2.75, 3.05) is 0 Å². The second-order valence-corrected chi connectivity index (χ2v) is 4.24. The van der Waals surface area contributed by atoms with E-state index in [4.69, 9.17) is 10.2 Å². The van der Waals surface area contributed by atoms with Crippen molar-refractivity contribution in [3.05, 3.63) is 28.5 Å². The maximum Gasteiger partial charge on any atom is 0.326 e. The summed E-state index contributed by atoms with van der Waals surface area (Å²) in [4.78, 5) is 36.6. The van der Waals surface area contributed by atoms with Crippen LogP contribution < -0.4 is 5.32 Å². The van der Waals surface area contributed by atoms with Crippen LogP contribution in [0.15, 0.2) is 22.8 Å². The first-order valence-electron chi connectivity index (χ1n) is 4.77. The van der Waals surface area contributed by atoms with Gasteiger partial charge in [0, 0.05) is 10.7 Å². The van der Waals surface area contributed by atoms with Crippen LogP contribution in [0, 0.1) is 0 Å². The number of carbonyl (C=O) groups excluding carboxylic acids is 1. The number of nitrogens with zero attached hydrogens (tertiary/aromatic N) is 1. The van der Waals surface area contributed by atoms with Crippen molar-refractivity contribution in [3.8, 4) is 0 Å². The predicted molar refractivity (Wildman–Crippen MR) is 63.1 cm³/mol. The fourth-order valence-corrected chi connectivity index (χ4v) is 1.35. The molecule has 0 bridgehead atoms. The highest BCUT2D eigenvalue weighted by atomic mass is 79.9. The number of hydrogen-bond donors (Lipinski definition) is 3. The van der Waals surface area contributed by atoms with Crippen LogP contribution in [0.25, 0.3) is 0 Å². The van der Waals surface area contributed by atoms with E-state index in [9.17, 15) is 14.4 Å². The molecule has 1 aromatic heterocycles. The van der Waals surface area contributed by atoms with E-state index < -0.39 is 30.3 Å². The highest BCUT2D eigenvalue weighted by molar-refractivity contribution is 9.10. The smallest absolute Gasteiger partial charge is 0.326 e. The minimum Gasteiger partial charge on any atom is -0.481 e. The van der Waals surface area contributed by atoms with Gasteiger partial charge in [-0.15, -0.1) is 0 Å². The van der Waals surface area contributed by atoms with Crippen LogP contribution in [0.1, 0.15) is 16.9 Å². The molecule has 0 saturated heterocycles. The van der Waals surface area contributed by atoms with Gasteiger partial charge < -0.3 is 15.5 Å². The molecule has 1 amide bonds. The molecule has 0 aliphatic rings. The molecule has 0 spiro atoms. The van der Waals surface area contributed by atoms with Gasteiger partial charge in [0.15, 0.2) is 0 Å². The molecule has 0 aliphatic carbocycles. The van der Waals surface area contributed by atoms with Gasteiger partial charge in [-0.2, -0.15) is 0 Å². The van der Waals surface area contributed by atoms with Crippen LogP contribution in [-0.4, -0.2) is 39.1 Å². The van der Waals surface area contributed by atoms with E-state index in [-0.39, 0.29) is 5.69 Å². The third kappa shape index (κ3) is 4.13. The van der Waals surface area contributed by atoms with Crippen LogP contribution in [-0.2, 0) is 9.59 Å². The quantitative estimate of drug-likeness (QED) is 0.728. The Morgan fingerprint density at radius 3 is 2.44 bits per heavy atom. The Balaban J connectivity index is 2.75. The molecule has 18 heavy (non-hydrogen) atoms. The number of aromatic nitrogens is 1. The normalized spacial score (nSPS) is 11.6. The molecule has 3 N–H and O–H groups in total. The number of nitrogens with one attached hydrogen (secondary N) is 1. The van der Waals surface area contributed by atoms with Crippen LogP contribution in [0.5, 0.6) is 0 Å². The summed E-state index contributed by atoms with van der Waals surface area (Å²) in [5, 5.41) is 19.4. The fraction of sp³-hybridized carbons (Fsp3) is 0.200. The lowest BCUT2D eigenvalue weighted by atomic mass is 10.2. The Morgan fingerprint density at radius 1 is 1.33 bits per heavy atom.